The summed E-state index contributed by atoms with van der Waals surface area (Å²) in [7, 11) is 0. The number of thioether (sulfide) groups is 1. The molecule has 0 radical (unpaired) electrons. The first-order chi connectivity index (χ1) is 18.4. The highest BCUT2D eigenvalue weighted by Crippen LogP contribution is 2.47. The topological polar surface area (TPSA) is 125 Å². The lowest BCUT2D eigenvalue weighted by Gasteiger charge is -2.38. The number of rotatable bonds is 6. The fraction of sp³-hybridized carbons (Fsp3) is 0.222. The number of ketones is 1. The molecule has 1 aliphatic heterocycles. The fourth-order valence-corrected chi connectivity index (χ4v) is 6.50. The number of hydrogen-bond acceptors (Lipinski definition) is 9. The van der Waals surface area contributed by atoms with Crippen molar-refractivity contribution in [2.75, 3.05) is 16.0 Å². The highest BCUT2D eigenvalue weighted by Gasteiger charge is 2.41. The normalized spacial score (nSPS) is 17.3. The lowest BCUT2D eigenvalue weighted by Crippen LogP contribution is -2.38. The number of anilines is 2. The molecule has 5 rings (SSSR count). The second-order valence-corrected chi connectivity index (χ2v) is 11.5. The number of nitrogens with zero attached hydrogens (tertiary/aromatic N) is 4. The molecule has 192 valence electrons. The minimum Gasteiger partial charge on any atom is -0.384 e. The summed E-state index contributed by atoms with van der Waals surface area (Å²) in [5.41, 5.74) is 10.8. The summed E-state index contributed by atoms with van der Waals surface area (Å²) in [6.07, 6.45) is 1.75. The molecule has 38 heavy (non-hydrogen) atoms. The van der Waals surface area contributed by atoms with Crippen LogP contribution in [0.2, 0.25) is 5.02 Å². The Labute approximate surface area is 233 Å². The Morgan fingerprint density at radius 3 is 2.79 bits per heavy atom. The van der Waals surface area contributed by atoms with Gasteiger partial charge in [-0.2, -0.15) is 5.26 Å². The van der Waals surface area contributed by atoms with Gasteiger partial charge in [-0.15, -0.1) is 10.2 Å². The van der Waals surface area contributed by atoms with Gasteiger partial charge >= 0.3 is 0 Å². The van der Waals surface area contributed by atoms with Crippen LogP contribution in [-0.4, -0.2) is 27.6 Å². The maximum absolute atomic E-state index is 13.2. The van der Waals surface area contributed by atoms with Crippen LogP contribution in [-0.2, 0) is 9.59 Å². The minimum atomic E-state index is -0.516. The molecular weight excluding hydrogens is 540 g/mol. The minimum absolute atomic E-state index is 0.0148. The van der Waals surface area contributed by atoms with Gasteiger partial charge < -0.3 is 11.1 Å². The first-order valence-corrected chi connectivity index (χ1v) is 14.1. The lowest BCUT2D eigenvalue weighted by atomic mass is 9.75. The van der Waals surface area contributed by atoms with E-state index in [0.717, 1.165) is 16.8 Å². The van der Waals surface area contributed by atoms with Gasteiger partial charge in [0.2, 0.25) is 11.0 Å². The predicted octanol–water partition coefficient (Wildman–Crippen LogP) is 5.54. The second-order valence-electron chi connectivity index (χ2n) is 8.92. The number of nitrogens with one attached hydrogen (secondary N) is 1. The van der Waals surface area contributed by atoms with Gasteiger partial charge in [-0.05, 0) is 49.6 Å². The smallest absolute Gasteiger partial charge is 0.234 e. The zero-order valence-corrected chi connectivity index (χ0v) is 22.8. The second kappa shape index (κ2) is 11.0. The van der Waals surface area contributed by atoms with Crippen molar-refractivity contribution in [1.82, 2.24) is 10.2 Å². The van der Waals surface area contributed by atoms with Crippen LogP contribution in [0.15, 0.2) is 75.5 Å². The number of carbonyl (C=O) groups is 2. The summed E-state index contributed by atoms with van der Waals surface area (Å²) < 4.78 is 0.572. The SMILES string of the molecule is Cc1cccc(C2C(C#N)=C(N)N(c3nnc(SCC(=O)Nc4ccc(Cl)cc4)s3)C3=C2C(=O)CCC3)c1. The quantitative estimate of drug-likeness (QED) is 0.375. The van der Waals surface area contributed by atoms with E-state index >= 15 is 0 Å². The van der Waals surface area contributed by atoms with Crippen molar-refractivity contribution >= 4 is 57.2 Å². The van der Waals surface area contributed by atoms with Crippen molar-refractivity contribution in [3.8, 4) is 6.07 Å². The zero-order valence-electron chi connectivity index (χ0n) is 20.4. The number of nitrogens with two attached hydrogens (primary N) is 1. The van der Waals surface area contributed by atoms with Gasteiger partial charge in [-0.25, -0.2) is 0 Å². The first kappa shape index (κ1) is 26.0. The molecule has 0 saturated heterocycles. The molecule has 1 amide bonds. The Morgan fingerprint density at radius 1 is 1.26 bits per heavy atom. The summed E-state index contributed by atoms with van der Waals surface area (Å²) in [6.45, 7) is 1.98. The number of aryl methyl sites for hydroxylation is 1. The maximum Gasteiger partial charge on any atom is 0.234 e. The van der Waals surface area contributed by atoms with Crippen molar-refractivity contribution in [2.24, 2.45) is 5.73 Å². The number of halogens is 1. The van der Waals surface area contributed by atoms with Crippen molar-refractivity contribution in [3.05, 3.63) is 87.3 Å². The molecule has 0 spiro atoms. The van der Waals surface area contributed by atoms with E-state index in [1.54, 1.807) is 29.2 Å². The predicted molar refractivity (Wildman–Crippen MR) is 150 cm³/mol. The maximum atomic E-state index is 13.2. The Balaban J connectivity index is 1.42. The van der Waals surface area contributed by atoms with Crippen molar-refractivity contribution in [3.63, 3.8) is 0 Å². The van der Waals surface area contributed by atoms with Gasteiger partial charge in [-0.1, -0.05) is 64.5 Å². The molecule has 2 heterocycles. The third-order valence-electron chi connectivity index (χ3n) is 6.33. The number of aromatic nitrogens is 2. The molecular formula is C27H23ClN6O2S2. The zero-order chi connectivity index (χ0) is 26.8. The number of Topliss-reactive ketones (excluding diaryl/α,β-unsaturated/α-hetero) is 1. The molecule has 1 aromatic heterocycles. The molecule has 0 fully saturated rings. The average molecular weight is 563 g/mol. The summed E-state index contributed by atoms with van der Waals surface area (Å²) in [5, 5.41) is 22.6. The molecule has 11 heteroatoms. The van der Waals surface area contributed by atoms with E-state index in [2.05, 4.69) is 21.6 Å². The first-order valence-electron chi connectivity index (χ1n) is 11.9. The summed E-state index contributed by atoms with van der Waals surface area (Å²) in [6, 6.07) is 17.0. The number of amides is 1. The molecule has 8 nitrogen and oxygen atoms in total. The summed E-state index contributed by atoms with van der Waals surface area (Å²) in [5.74, 6) is -0.311. The Morgan fingerprint density at radius 2 is 2.05 bits per heavy atom. The molecule has 0 bridgehead atoms. The Hall–Kier alpha value is -3.65. The van der Waals surface area contributed by atoms with Crippen molar-refractivity contribution < 1.29 is 9.59 Å². The molecule has 0 saturated carbocycles. The summed E-state index contributed by atoms with van der Waals surface area (Å²) in [4.78, 5) is 27.4. The Bertz CT molecular complexity index is 1520. The number of carbonyl (C=O) groups excluding carboxylic acids is 2. The van der Waals surface area contributed by atoms with E-state index in [1.807, 2.05) is 31.2 Å². The van der Waals surface area contributed by atoms with Gasteiger partial charge in [0, 0.05) is 28.4 Å². The molecule has 3 N–H and O–H groups in total. The van der Waals surface area contributed by atoms with Crippen LogP contribution in [0.3, 0.4) is 0 Å². The highest BCUT2D eigenvalue weighted by molar-refractivity contribution is 8.01. The average Bonchev–Trinajstić information content (AvgIpc) is 3.37. The van der Waals surface area contributed by atoms with E-state index in [4.69, 9.17) is 17.3 Å². The van der Waals surface area contributed by atoms with E-state index in [1.165, 1.54) is 23.1 Å². The molecule has 1 aliphatic carbocycles. The molecule has 3 aromatic rings. The van der Waals surface area contributed by atoms with Crippen LogP contribution in [0.25, 0.3) is 0 Å². The van der Waals surface area contributed by atoms with Crippen LogP contribution >= 0.6 is 34.7 Å². The Kier molecular flexibility index (Phi) is 7.51. The van der Waals surface area contributed by atoms with Gasteiger partial charge in [-0.3, -0.25) is 14.5 Å². The van der Waals surface area contributed by atoms with Gasteiger partial charge in [0.25, 0.3) is 0 Å². The van der Waals surface area contributed by atoms with E-state index in [0.29, 0.717) is 50.6 Å². The number of allylic oxidation sites excluding steroid dienone is 3. The summed E-state index contributed by atoms with van der Waals surface area (Å²) >= 11 is 8.40. The van der Waals surface area contributed by atoms with Gasteiger partial charge in [0.05, 0.1) is 23.3 Å². The monoisotopic (exact) mass is 562 g/mol. The standard InChI is InChI=1S/C27H23ClN6O2S2/c1-15-4-2-5-16(12-15)23-19(13-29)25(30)34(20-6-3-7-21(35)24(20)23)26-32-33-27(38-26)37-14-22(36)31-18-10-8-17(28)9-11-18/h2,4-5,8-12,23H,3,6-7,14,30H2,1H3,(H,31,36). The largest absolute Gasteiger partial charge is 0.384 e. The fourth-order valence-electron chi connectivity index (χ4n) is 4.70. The number of hydrogen-bond donors (Lipinski definition) is 2. The van der Waals surface area contributed by atoms with Crippen molar-refractivity contribution in [2.45, 2.75) is 36.4 Å². The van der Waals surface area contributed by atoms with E-state index in [-0.39, 0.29) is 23.3 Å². The van der Waals surface area contributed by atoms with Gasteiger partial charge in [0.1, 0.15) is 5.82 Å². The van der Waals surface area contributed by atoms with Crippen LogP contribution in [0.4, 0.5) is 10.8 Å². The number of nitriles is 1. The van der Waals surface area contributed by atoms with Crippen molar-refractivity contribution in [1.29, 1.82) is 5.26 Å². The van der Waals surface area contributed by atoms with Crippen LogP contribution in [0.5, 0.6) is 0 Å². The third-order valence-corrected chi connectivity index (χ3v) is 8.62. The molecule has 1 unspecified atom stereocenters. The highest BCUT2D eigenvalue weighted by atomic mass is 35.5. The van der Waals surface area contributed by atoms with Crippen LogP contribution in [0, 0.1) is 18.3 Å². The van der Waals surface area contributed by atoms with Crippen LogP contribution in [0.1, 0.15) is 36.3 Å². The van der Waals surface area contributed by atoms with Crippen LogP contribution < -0.4 is 16.0 Å². The molecule has 2 aromatic carbocycles. The number of benzene rings is 2. The van der Waals surface area contributed by atoms with Gasteiger partial charge in [0.15, 0.2) is 10.1 Å². The lowest BCUT2D eigenvalue weighted by molar-refractivity contribution is -0.116. The molecule has 1 atom stereocenters. The van der Waals surface area contributed by atoms with E-state index in [9.17, 15) is 14.9 Å². The van der Waals surface area contributed by atoms with E-state index < -0.39 is 5.92 Å². The molecule has 2 aliphatic rings. The third kappa shape index (κ3) is 5.18.